The summed E-state index contributed by atoms with van der Waals surface area (Å²) >= 11 is 3.30. The molecule has 0 aliphatic carbocycles. The van der Waals surface area contributed by atoms with E-state index in [0.717, 1.165) is 4.47 Å². The Morgan fingerprint density at radius 2 is 1.67 bits per heavy atom. The van der Waals surface area contributed by atoms with E-state index < -0.39 is 0 Å². The number of Topliss-reactive ketones (excluding diaryl/α,β-unsaturated/α-hetero) is 2. The van der Waals surface area contributed by atoms with Crippen LogP contribution in [0.5, 0.6) is 0 Å². The molecule has 1 heterocycles. The molecule has 4 heteroatoms. The highest BCUT2D eigenvalue weighted by atomic mass is 79.9. The fourth-order valence-corrected chi connectivity index (χ4v) is 1.78. The van der Waals surface area contributed by atoms with Crippen LogP contribution >= 0.6 is 15.9 Å². The minimum atomic E-state index is -0.212. The van der Waals surface area contributed by atoms with Crippen molar-refractivity contribution in [2.75, 3.05) is 0 Å². The van der Waals surface area contributed by atoms with Crippen molar-refractivity contribution in [1.82, 2.24) is 4.98 Å². The zero-order valence-electron chi connectivity index (χ0n) is 9.47. The third kappa shape index (κ3) is 3.11. The summed E-state index contributed by atoms with van der Waals surface area (Å²) in [6.45, 7) is 0. The maximum atomic E-state index is 11.9. The maximum Gasteiger partial charge on any atom is 0.172 e. The van der Waals surface area contributed by atoms with E-state index in [0.29, 0.717) is 11.1 Å². The highest BCUT2D eigenvalue weighted by Crippen LogP contribution is 2.13. The molecule has 0 saturated heterocycles. The number of benzene rings is 1. The van der Waals surface area contributed by atoms with E-state index in [-0.39, 0.29) is 18.0 Å². The zero-order chi connectivity index (χ0) is 13.0. The predicted molar refractivity (Wildman–Crippen MR) is 71.7 cm³/mol. The van der Waals surface area contributed by atoms with E-state index in [1.165, 1.54) is 6.20 Å². The van der Waals surface area contributed by atoms with Crippen molar-refractivity contribution in [1.29, 1.82) is 0 Å². The van der Waals surface area contributed by atoms with Gasteiger partial charge in [-0.15, -0.1) is 0 Å². The van der Waals surface area contributed by atoms with Gasteiger partial charge in [-0.1, -0.05) is 28.1 Å². The molecule has 0 amide bonds. The number of hydrogen-bond acceptors (Lipinski definition) is 3. The van der Waals surface area contributed by atoms with E-state index in [1.54, 1.807) is 42.6 Å². The van der Waals surface area contributed by atoms with Gasteiger partial charge in [0.1, 0.15) is 0 Å². The van der Waals surface area contributed by atoms with Crippen molar-refractivity contribution >= 4 is 27.5 Å². The largest absolute Gasteiger partial charge is 0.294 e. The van der Waals surface area contributed by atoms with Crippen molar-refractivity contribution in [3.8, 4) is 0 Å². The van der Waals surface area contributed by atoms with Gasteiger partial charge in [-0.2, -0.15) is 0 Å². The van der Waals surface area contributed by atoms with Crippen LogP contribution in [-0.2, 0) is 0 Å². The van der Waals surface area contributed by atoms with Crippen LogP contribution in [0.1, 0.15) is 27.1 Å². The number of aromatic nitrogens is 1. The fraction of sp³-hybridized carbons (Fsp3) is 0.0714. The summed E-state index contributed by atoms with van der Waals surface area (Å²) in [6, 6.07) is 10.3. The van der Waals surface area contributed by atoms with Gasteiger partial charge >= 0.3 is 0 Å². The number of rotatable bonds is 4. The molecule has 0 spiro atoms. The average molecular weight is 304 g/mol. The molecule has 0 N–H and O–H groups in total. The van der Waals surface area contributed by atoms with Gasteiger partial charge in [-0.3, -0.25) is 14.6 Å². The van der Waals surface area contributed by atoms with Crippen LogP contribution in [-0.4, -0.2) is 16.6 Å². The minimum absolute atomic E-state index is 0.132. The van der Waals surface area contributed by atoms with Gasteiger partial charge < -0.3 is 0 Å². The first kappa shape index (κ1) is 12.6. The third-order valence-electron chi connectivity index (χ3n) is 2.47. The summed E-state index contributed by atoms with van der Waals surface area (Å²) in [5.74, 6) is -0.396. The lowest BCUT2D eigenvalue weighted by Gasteiger charge is -2.01. The minimum Gasteiger partial charge on any atom is -0.294 e. The predicted octanol–water partition coefficient (Wildman–Crippen LogP) is 3.30. The molecule has 90 valence electrons. The number of carbonyl (C=O) groups excluding carboxylic acids is 2. The SMILES string of the molecule is O=C(CC(=O)c1cccnc1)c1ccc(Br)cc1. The van der Waals surface area contributed by atoms with Crippen LogP contribution in [0.2, 0.25) is 0 Å². The number of hydrogen-bond donors (Lipinski definition) is 0. The van der Waals surface area contributed by atoms with Crippen molar-refractivity contribution in [3.05, 3.63) is 64.4 Å². The molecular formula is C14H10BrNO2. The highest BCUT2D eigenvalue weighted by molar-refractivity contribution is 9.10. The van der Waals surface area contributed by atoms with Gasteiger partial charge in [0.15, 0.2) is 11.6 Å². The van der Waals surface area contributed by atoms with E-state index >= 15 is 0 Å². The normalized spacial score (nSPS) is 10.1. The smallest absolute Gasteiger partial charge is 0.172 e. The van der Waals surface area contributed by atoms with Gasteiger partial charge in [0, 0.05) is 28.0 Å². The number of carbonyl (C=O) groups is 2. The molecular weight excluding hydrogens is 294 g/mol. The molecule has 1 aromatic heterocycles. The first-order valence-corrected chi connectivity index (χ1v) is 6.18. The molecule has 18 heavy (non-hydrogen) atoms. The lowest BCUT2D eigenvalue weighted by atomic mass is 10.0. The maximum absolute atomic E-state index is 11.9. The Balaban J connectivity index is 2.08. The lowest BCUT2D eigenvalue weighted by molar-refractivity contribution is 0.0894. The second-order valence-corrected chi connectivity index (χ2v) is 4.69. The van der Waals surface area contributed by atoms with Gasteiger partial charge in [-0.25, -0.2) is 0 Å². The summed E-state index contributed by atoms with van der Waals surface area (Å²) in [4.78, 5) is 27.6. The molecule has 0 aliphatic rings. The summed E-state index contributed by atoms with van der Waals surface area (Å²) < 4.78 is 0.901. The average Bonchev–Trinajstić information content (AvgIpc) is 2.40. The summed E-state index contributed by atoms with van der Waals surface area (Å²) in [7, 11) is 0. The monoisotopic (exact) mass is 303 g/mol. The van der Waals surface area contributed by atoms with Crippen LogP contribution in [0.4, 0.5) is 0 Å². The molecule has 0 saturated carbocycles. The first-order chi connectivity index (χ1) is 8.66. The standard InChI is InChI=1S/C14H10BrNO2/c15-12-5-3-10(4-6-12)13(17)8-14(18)11-2-1-7-16-9-11/h1-7,9H,8H2. The Morgan fingerprint density at radius 1 is 1.00 bits per heavy atom. The van der Waals surface area contributed by atoms with Crippen LogP contribution < -0.4 is 0 Å². The summed E-state index contributed by atoms with van der Waals surface area (Å²) in [5, 5.41) is 0. The van der Waals surface area contributed by atoms with Gasteiger partial charge in [-0.05, 0) is 24.3 Å². The molecule has 3 nitrogen and oxygen atoms in total. The van der Waals surface area contributed by atoms with Crippen LogP contribution in [0.15, 0.2) is 53.3 Å². The number of halogens is 1. The van der Waals surface area contributed by atoms with Crippen molar-refractivity contribution in [2.45, 2.75) is 6.42 Å². The highest BCUT2D eigenvalue weighted by Gasteiger charge is 2.13. The molecule has 1 aromatic carbocycles. The van der Waals surface area contributed by atoms with E-state index in [4.69, 9.17) is 0 Å². The molecule has 0 unspecified atom stereocenters. The molecule has 0 aliphatic heterocycles. The Hall–Kier alpha value is -1.81. The Kier molecular flexibility index (Phi) is 3.99. The molecule has 2 rings (SSSR count). The topological polar surface area (TPSA) is 47.0 Å². The van der Waals surface area contributed by atoms with E-state index in [9.17, 15) is 9.59 Å². The molecule has 0 fully saturated rings. The van der Waals surface area contributed by atoms with Crippen molar-refractivity contribution < 1.29 is 9.59 Å². The third-order valence-corrected chi connectivity index (χ3v) is 3.00. The zero-order valence-corrected chi connectivity index (χ0v) is 11.1. The first-order valence-electron chi connectivity index (χ1n) is 5.39. The Labute approximate surface area is 113 Å². The van der Waals surface area contributed by atoms with Gasteiger partial charge in [0.2, 0.25) is 0 Å². The second kappa shape index (κ2) is 5.69. The van der Waals surface area contributed by atoms with Crippen LogP contribution in [0.25, 0.3) is 0 Å². The number of pyridine rings is 1. The fourth-order valence-electron chi connectivity index (χ4n) is 1.51. The van der Waals surface area contributed by atoms with E-state index in [2.05, 4.69) is 20.9 Å². The van der Waals surface area contributed by atoms with Crippen LogP contribution in [0, 0.1) is 0 Å². The summed E-state index contributed by atoms with van der Waals surface area (Å²) in [5.41, 5.74) is 0.999. The lowest BCUT2D eigenvalue weighted by Crippen LogP contribution is -2.08. The quantitative estimate of drug-likeness (QED) is 0.643. The van der Waals surface area contributed by atoms with Crippen molar-refractivity contribution in [3.63, 3.8) is 0 Å². The van der Waals surface area contributed by atoms with Gasteiger partial charge in [0.05, 0.1) is 6.42 Å². The number of ketones is 2. The van der Waals surface area contributed by atoms with Crippen molar-refractivity contribution in [2.24, 2.45) is 0 Å². The van der Waals surface area contributed by atoms with Crippen LogP contribution in [0.3, 0.4) is 0 Å². The molecule has 2 aromatic rings. The Morgan fingerprint density at radius 3 is 2.28 bits per heavy atom. The molecule has 0 atom stereocenters. The van der Waals surface area contributed by atoms with E-state index in [1.807, 2.05) is 0 Å². The Bertz CT molecular complexity index is 564. The molecule has 0 radical (unpaired) electrons. The van der Waals surface area contributed by atoms with Gasteiger partial charge in [0.25, 0.3) is 0 Å². The number of nitrogens with zero attached hydrogens (tertiary/aromatic N) is 1. The second-order valence-electron chi connectivity index (χ2n) is 3.77. The summed E-state index contributed by atoms with van der Waals surface area (Å²) in [6.07, 6.45) is 2.93. The molecule has 0 bridgehead atoms.